The number of likely N-dealkylation sites (tertiary alicyclic amines) is 1. The molecule has 7 nitrogen and oxygen atoms in total. The molecule has 0 aromatic heterocycles. The Bertz CT molecular complexity index is 968. The van der Waals surface area contributed by atoms with Crippen LogP contribution in [-0.4, -0.2) is 51.8 Å². The molecule has 8 heteroatoms. The van der Waals surface area contributed by atoms with Gasteiger partial charge in [0.2, 0.25) is 11.5 Å². The molecule has 34 heavy (non-hydrogen) atoms. The average molecular weight is 491 g/mol. The molecule has 2 N–H and O–H groups in total. The second kappa shape index (κ2) is 11.7. The quantitative estimate of drug-likeness (QED) is 0.578. The third-order valence-electron chi connectivity index (χ3n) is 6.85. The lowest BCUT2D eigenvalue weighted by Gasteiger charge is -2.22. The number of methoxy groups -OCH3 is 3. The van der Waals surface area contributed by atoms with Gasteiger partial charge in [-0.3, -0.25) is 4.79 Å². The summed E-state index contributed by atoms with van der Waals surface area (Å²) in [5, 5.41) is 0. The first-order valence-electron chi connectivity index (χ1n) is 11.7. The SMILES string of the molecule is COc1c(Oc2ccc(CCN)cc2)cc(C(=O)N2C[C@H]3CCCC[C@H]3C2)c(OC)c1OC.Cl. The maximum Gasteiger partial charge on any atom is 0.257 e. The number of ether oxygens (including phenoxy) is 4. The fourth-order valence-corrected chi connectivity index (χ4v) is 5.18. The van der Waals surface area contributed by atoms with Crippen LogP contribution >= 0.6 is 12.4 Å². The van der Waals surface area contributed by atoms with Crippen molar-refractivity contribution < 1.29 is 23.7 Å². The number of hydrogen-bond donors (Lipinski definition) is 1. The summed E-state index contributed by atoms with van der Waals surface area (Å²) in [7, 11) is 4.61. The highest BCUT2D eigenvalue weighted by Crippen LogP contribution is 2.48. The van der Waals surface area contributed by atoms with Gasteiger partial charge in [0.25, 0.3) is 5.91 Å². The van der Waals surface area contributed by atoms with Crippen LogP contribution in [-0.2, 0) is 6.42 Å². The van der Waals surface area contributed by atoms with Gasteiger partial charge in [-0.2, -0.15) is 0 Å². The first-order chi connectivity index (χ1) is 16.1. The Morgan fingerprint density at radius 1 is 0.941 bits per heavy atom. The van der Waals surface area contributed by atoms with Gasteiger partial charge in [0, 0.05) is 19.2 Å². The minimum Gasteiger partial charge on any atom is -0.492 e. The number of benzene rings is 2. The van der Waals surface area contributed by atoms with Gasteiger partial charge in [0.15, 0.2) is 11.5 Å². The monoisotopic (exact) mass is 490 g/mol. The Morgan fingerprint density at radius 3 is 2.06 bits per heavy atom. The Hall–Kier alpha value is -2.64. The number of halogens is 1. The van der Waals surface area contributed by atoms with Crippen molar-refractivity contribution in [3.8, 4) is 28.7 Å². The molecule has 4 rings (SSSR count). The van der Waals surface area contributed by atoms with E-state index in [1.165, 1.54) is 39.9 Å². The topological polar surface area (TPSA) is 83.3 Å². The van der Waals surface area contributed by atoms with Gasteiger partial charge < -0.3 is 29.6 Å². The van der Waals surface area contributed by atoms with E-state index >= 15 is 0 Å². The van der Waals surface area contributed by atoms with Gasteiger partial charge >= 0.3 is 0 Å². The summed E-state index contributed by atoms with van der Waals surface area (Å²) >= 11 is 0. The largest absolute Gasteiger partial charge is 0.492 e. The van der Waals surface area contributed by atoms with E-state index in [4.69, 9.17) is 24.7 Å². The molecule has 0 unspecified atom stereocenters. The summed E-state index contributed by atoms with van der Waals surface area (Å²) in [5.74, 6) is 3.25. The van der Waals surface area contributed by atoms with E-state index in [0.29, 0.717) is 52.7 Å². The van der Waals surface area contributed by atoms with Crippen LogP contribution in [0.25, 0.3) is 0 Å². The number of carbonyl (C=O) groups excluding carboxylic acids is 1. The van der Waals surface area contributed by atoms with Crippen LogP contribution < -0.4 is 24.7 Å². The van der Waals surface area contributed by atoms with Crippen molar-refractivity contribution in [1.82, 2.24) is 4.90 Å². The van der Waals surface area contributed by atoms with Gasteiger partial charge in [0.1, 0.15) is 5.75 Å². The van der Waals surface area contributed by atoms with Crippen LogP contribution in [0, 0.1) is 11.8 Å². The fourth-order valence-electron chi connectivity index (χ4n) is 5.18. The zero-order valence-corrected chi connectivity index (χ0v) is 21.0. The van der Waals surface area contributed by atoms with Crippen LogP contribution in [0.3, 0.4) is 0 Å². The zero-order valence-electron chi connectivity index (χ0n) is 20.2. The standard InChI is InChI=1S/C26H34N2O5.ClH/c1-30-23-21(26(29)28-15-18-6-4-5-7-19(18)16-28)14-22(24(31-2)25(23)32-3)33-20-10-8-17(9-11-20)12-13-27;/h8-11,14,18-19H,4-7,12-13,15-16,27H2,1-3H3;1H/t18-,19+;. The molecular formula is C26H35ClN2O5. The molecule has 1 aliphatic carbocycles. The highest BCUT2D eigenvalue weighted by Gasteiger charge is 2.38. The van der Waals surface area contributed by atoms with E-state index in [1.54, 1.807) is 13.2 Å². The Kier molecular flexibility index (Phi) is 8.91. The van der Waals surface area contributed by atoms with Gasteiger partial charge in [-0.25, -0.2) is 0 Å². The van der Waals surface area contributed by atoms with Crippen molar-refractivity contribution in [3.05, 3.63) is 41.5 Å². The van der Waals surface area contributed by atoms with Gasteiger partial charge in [-0.1, -0.05) is 25.0 Å². The Morgan fingerprint density at radius 2 is 1.53 bits per heavy atom. The second-order valence-corrected chi connectivity index (χ2v) is 8.82. The van der Waals surface area contributed by atoms with E-state index < -0.39 is 0 Å². The maximum absolute atomic E-state index is 13.6. The summed E-state index contributed by atoms with van der Waals surface area (Å²) < 4.78 is 23.0. The molecule has 0 radical (unpaired) electrons. The molecular weight excluding hydrogens is 456 g/mol. The molecule has 1 saturated heterocycles. The van der Waals surface area contributed by atoms with Crippen LogP contribution in [0.5, 0.6) is 28.7 Å². The van der Waals surface area contributed by atoms with E-state index in [1.807, 2.05) is 29.2 Å². The van der Waals surface area contributed by atoms with Gasteiger partial charge in [-0.05, 0) is 55.3 Å². The number of rotatable bonds is 8. The minimum atomic E-state index is -0.0645. The molecule has 1 saturated carbocycles. The van der Waals surface area contributed by atoms with Crippen molar-refractivity contribution in [2.45, 2.75) is 32.1 Å². The number of hydrogen-bond acceptors (Lipinski definition) is 6. The molecule has 186 valence electrons. The van der Waals surface area contributed by atoms with Crippen LogP contribution in [0.2, 0.25) is 0 Å². The van der Waals surface area contributed by atoms with Gasteiger partial charge in [-0.15, -0.1) is 12.4 Å². The molecule has 1 aliphatic heterocycles. The highest BCUT2D eigenvalue weighted by atomic mass is 35.5. The molecule has 0 spiro atoms. The van der Waals surface area contributed by atoms with E-state index in [9.17, 15) is 4.79 Å². The highest BCUT2D eigenvalue weighted by molar-refractivity contribution is 5.99. The molecule has 0 bridgehead atoms. The Labute approximate surface area is 207 Å². The molecule has 2 atom stereocenters. The van der Waals surface area contributed by atoms with Crippen molar-refractivity contribution in [2.24, 2.45) is 17.6 Å². The number of nitrogens with two attached hydrogens (primary N) is 1. The molecule has 1 heterocycles. The zero-order chi connectivity index (χ0) is 23.4. The summed E-state index contributed by atoms with van der Waals surface area (Å²) in [4.78, 5) is 15.6. The first-order valence-corrected chi connectivity index (χ1v) is 11.7. The number of amides is 1. The summed E-state index contributed by atoms with van der Waals surface area (Å²) in [5.41, 5.74) is 7.20. The first kappa shape index (κ1) is 26.0. The lowest BCUT2D eigenvalue weighted by Crippen LogP contribution is -2.29. The van der Waals surface area contributed by atoms with Crippen molar-refractivity contribution in [2.75, 3.05) is 41.0 Å². The predicted octanol–water partition coefficient (Wildman–Crippen LogP) is 4.69. The van der Waals surface area contributed by atoms with E-state index in [0.717, 1.165) is 25.1 Å². The molecule has 2 aromatic carbocycles. The molecule has 1 amide bonds. The number of fused-ring (bicyclic) bond motifs is 1. The molecule has 2 aliphatic rings. The maximum atomic E-state index is 13.6. The van der Waals surface area contributed by atoms with Crippen molar-refractivity contribution in [3.63, 3.8) is 0 Å². The average Bonchev–Trinajstić information content (AvgIpc) is 3.28. The lowest BCUT2D eigenvalue weighted by atomic mass is 9.82. The third kappa shape index (κ3) is 5.20. The van der Waals surface area contributed by atoms with E-state index in [2.05, 4.69) is 0 Å². The third-order valence-corrected chi connectivity index (χ3v) is 6.85. The second-order valence-electron chi connectivity index (χ2n) is 8.82. The van der Waals surface area contributed by atoms with Crippen molar-refractivity contribution >= 4 is 18.3 Å². The normalized spacial score (nSPS) is 19.1. The number of carbonyl (C=O) groups is 1. The fraction of sp³-hybridized carbons (Fsp3) is 0.500. The number of nitrogens with zero attached hydrogens (tertiary/aromatic N) is 1. The van der Waals surface area contributed by atoms with Crippen LogP contribution in [0.1, 0.15) is 41.6 Å². The summed E-state index contributed by atoms with van der Waals surface area (Å²) in [6.45, 7) is 2.17. The molecule has 2 fully saturated rings. The summed E-state index contributed by atoms with van der Waals surface area (Å²) in [6, 6.07) is 9.43. The predicted molar refractivity (Wildman–Crippen MR) is 134 cm³/mol. The van der Waals surface area contributed by atoms with Crippen molar-refractivity contribution in [1.29, 1.82) is 0 Å². The lowest BCUT2D eigenvalue weighted by molar-refractivity contribution is 0.0779. The summed E-state index contributed by atoms with van der Waals surface area (Å²) in [6.07, 6.45) is 5.71. The molecule has 2 aromatic rings. The Balaban J connectivity index is 0.00000324. The van der Waals surface area contributed by atoms with Crippen LogP contribution in [0.4, 0.5) is 0 Å². The van der Waals surface area contributed by atoms with Gasteiger partial charge in [0.05, 0.1) is 26.9 Å². The van der Waals surface area contributed by atoms with E-state index in [-0.39, 0.29) is 18.3 Å². The minimum absolute atomic E-state index is 0. The van der Waals surface area contributed by atoms with Crippen LogP contribution in [0.15, 0.2) is 30.3 Å². The smallest absolute Gasteiger partial charge is 0.257 e.